The van der Waals surface area contributed by atoms with E-state index >= 15 is 0 Å². The zero-order valence-electron chi connectivity index (χ0n) is 13.3. The molecule has 0 radical (unpaired) electrons. The first-order chi connectivity index (χ1) is 11.8. The molecule has 2 aromatic rings. The van der Waals surface area contributed by atoms with Crippen LogP contribution < -0.4 is 5.32 Å². The van der Waals surface area contributed by atoms with Gasteiger partial charge in [-0.25, -0.2) is 8.42 Å². The third-order valence-electron chi connectivity index (χ3n) is 4.08. The molecule has 9 heteroatoms. The molecule has 0 spiro atoms. The third kappa shape index (κ3) is 3.85. The van der Waals surface area contributed by atoms with Crippen molar-refractivity contribution in [3.8, 4) is 0 Å². The largest absolute Gasteiger partial charge is 0.324 e. The van der Waals surface area contributed by atoms with Crippen molar-refractivity contribution in [2.24, 2.45) is 0 Å². The van der Waals surface area contributed by atoms with Crippen LogP contribution in [-0.2, 0) is 14.8 Å². The summed E-state index contributed by atoms with van der Waals surface area (Å²) in [6, 6.07) is 7.45. The lowest BCUT2D eigenvalue weighted by atomic mass is 10.1. The monoisotopic (exact) mass is 418 g/mol. The Kier molecular flexibility index (Phi) is 5.41. The molecule has 1 unspecified atom stereocenters. The van der Waals surface area contributed by atoms with E-state index in [9.17, 15) is 13.2 Å². The van der Waals surface area contributed by atoms with Crippen LogP contribution in [0.2, 0.25) is 9.36 Å². The minimum absolute atomic E-state index is 0.149. The number of anilines is 1. The molecule has 1 saturated heterocycles. The molecule has 3 rings (SSSR count). The number of nitrogens with one attached hydrogen (secondary N) is 1. The van der Waals surface area contributed by atoms with Gasteiger partial charge in [-0.2, -0.15) is 4.31 Å². The van der Waals surface area contributed by atoms with Gasteiger partial charge in [-0.3, -0.25) is 4.79 Å². The highest BCUT2D eigenvalue weighted by atomic mass is 35.5. The lowest BCUT2D eigenvalue weighted by Gasteiger charge is -2.23. The summed E-state index contributed by atoms with van der Waals surface area (Å²) in [5.74, 6) is -0.353. The highest BCUT2D eigenvalue weighted by Gasteiger charge is 2.40. The Morgan fingerprint density at radius 3 is 2.72 bits per heavy atom. The fourth-order valence-corrected chi connectivity index (χ4v) is 6.23. The molecule has 1 atom stereocenters. The van der Waals surface area contributed by atoms with Gasteiger partial charge >= 0.3 is 0 Å². The van der Waals surface area contributed by atoms with Crippen LogP contribution in [0.5, 0.6) is 0 Å². The highest BCUT2D eigenvalue weighted by Crippen LogP contribution is 2.32. The molecule has 134 valence electrons. The van der Waals surface area contributed by atoms with Crippen LogP contribution >= 0.6 is 34.5 Å². The molecule has 0 aliphatic carbocycles. The molecule has 1 aliphatic rings. The number of hydrogen-bond donors (Lipinski definition) is 1. The van der Waals surface area contributed by atoms with Crippen LogP contribution in [-0.4, -0.2) is 31.2 Å². The predicted octanol–water partition coefficient (Wildman–Crippen LogP) is 4.16. The molecule has 1 aromatic carbocycles. The quantitative estimate of drug-likeness (QED) is 0.810. The van der Waals surface area contributed by atoms with E-state index in [1.165, 1.54) is 10.4 Å². The Bertz CT molecular complexity index is 912. The first-order valence-electron chi connectivity index (χ1n) is 7.63. The van der Waals surface area contributed by atoms with Crippen molar-refractivity contribution < 1.29 is 13.2 Å². The number of aryl methyl sites for hydroxylation is 1. The molecule has 2 heterocycles. The maximum absolute atomic E-state index is 12.8. The van der Waals surface area contributed by atoms with Gasteiger partial charge in [0.15, 0.2) is 0 Å². The summed E-state index contributed by atoms with van der Waals surface area (Å²) >= 11 is 12.8. The molecule has 1 amide bonds. The standard InChI is InChI=1S/C16H16Cl2N2O3S2/c1-10-4-5-11(17)9-12(10)19-16(21)13-3-2-8-20(13)25(22,23)15-7-6-14(18)24-15/h4-7,9,13H,2-3,8H2,1H3,(H,19,21). The second-order valence-electron chi connectivity index (χ2n) is 5.78. The van der Waals surface area contributed by atoms with Crippen LogP contribution in [0, 0.1) is 6.92 Å². The summed E-state index contributed by atoms with van der Waals surface area (Å²) in [6.07, 6.45) is 1.11. The van der Waals surface area contributed by atoms with Gasteiger partial charge in [0.2, 0.25) is 5.91 Å². The molecule has 0 saturated carbocycles. The molecular weight excluding hydrogens is 403 g/mol. The van der Waals surface area contributed by atoms with Crippen molar-refractivity contribution in [1.82, 2.24) is 4.31 Å². The lowest BCUT2D eigenvalue weighted by molar-refractivity contribution is -0.119. The summed E-state index contributed by atoms with van der Waals surface area (Å²) in [7, 11) is -3.74. The van der Waals surface area contributed by atoms with Gasteiger partial charge in [0, 0.05) is 17.3 Å². The van der Waals surface area contributed by atoms with Crippen molar-refractivity contribution in [2.75, 3.05) is 11.9 Å². The van der Waals surface area contributed by atoms with Crippen molar-refractivity contribution in [2.45, 2.75) is 30.0 Å². The van der Waals surface area contributed by atoms with Crippen molar-refractivity contribution in [1.29, 1.82) is 0 Å². The molecule has 0 bridgehead atoms. The highest BCUT2D eigenvalue weighted by molar-refractivity contribution is 7.91. The fraction of sp³-hybridized carbons (Fsp3) is 0.312. The maximum atomic E-state index is 12.8. The number of halogens is 2. The Hall–Kier alpha value is -1.12. The topological polar surface area (TPSA) is 66.5 Å². The molecular formula is C16H16Cl2N2O3S2. The van der Waals surface area contributed by atoms with E-state index in [4.69, 9.17) is 23.2 Å². The zero-order chi connectivity index (χ0) is 18.2. The first-order valence-corrected chi connectivity index (χ1v) is 10.6. The molecule has 1 N–H and O–H groups in total. The Labute approximate surface area is 160 Å². The third-order valence-corrected chi connectivity index (χ3v) is 7.92. The van der Waals surface area contributed by atoms with Gasteiger partial charge in [-0.15, -0.1) is 11.3 Å². The van der Waals surface area contributed by atoms with E-state index in [0.29, 0.717) is 34.4 Å². The van der Waals surface area contributed by atoms with Gasteiger partial charge in [-0.1, -0.05) is 29.3 Å². The van der Waals surface area contributed by atoms with Crippen molar-refractivity contribution in [3.05, 3.63) is 45.3 Å². The van der Waals surface area contributed by atoms with Crippen LogP contribution in [0.3, 0.4) is 0 Å². The predicted molar refractivity (Wildman–Crippen MR) is 101 cm³/mol. The number of carbonyl (C=O) groups excluding carboxylic acids is 1. The number of hydrogen-bond acceptors (Lipinski definition) is 4. The molecule has 5 nitrogen and oxygen atoms in total. The van der Waals surface area contributed by atoms with Crippen molar-refractivity contribution in [3.63, 3.8) is 0 Å². The minimum Gasteiger partial charge on any atom is -0.324 e. The number of carbonyl (C=O) groups is 1. The minimum atomic E-state index is -3.74. The van der Waals surface area contributed by atoms with Crippen LogP contribution in [0.4, 0.5) is 5.69 Å². The molecule has 25 heavy (non-hydrogen) atoms. The first kappa shape index (κ1) is 18.7. The Balaban J connectivity index is 1.84. The van der Waals surface area contributed by atoms with Crippen LogP contribution in [0.25, 0.3) is 0 Å². The average Bonchev–Trinajstić information content (AvgIpc) is 3.20. The van der Waals surface area contributed by atoms with E-state index < -0.39 is 16.1 Å². The van der Waals surface area contributed by atoms with E-state index in [2.05, 4.69) is 5.32 Å². The summed E-state index contributed by atoms with van der Waals surface area (Å²) < 4.78 is 27.4. The summed E-state index contributed by atoms with van der Waals surface area (Å²) in [6.45, 7) is 2.16. The maximum Gasteiger partial charge on any atom is 0.253 e. The summed E-state index contributed by atoms with van der Waals surface area (Å²) in [4.78, 5) is 12.7. The SMILES string of the molecule is Cc1ccc(Cl)cc1NC(=O)C1CCCN1S(=O)(=O)c1ccc(Cl)s1. The number of sulfonamides is 1. The summed E-state index contributed by atoms with van der Waals surface area (Å²) in [5, 5.41) is 3.30. The second kappa shape index (κ2) is 7.25. The van der Waals surface area contributed by atoms with E-state index in [-0.39, 0.29) is 10.1 Å². The fourth-order valence-electron chi connectivity index (χ4n) is 2.79. The van der Waals surface area contributed by atoms with E-state index in [1.807, 2.05) is 6.92 Å². The second-order valence-corrected chi connectivity index (χ2v) is 10.0. The number of amides is 1. The van der Waals surface area contributed by atoms with Gasteiger partial charge < -0.3 is 5.32 Å². The number of nitrogens with zero attached hydrogens (tertiary/aromatic N) is 1. The molecule has 1 aromatic heterocycles. The Morgan fingerprint density at radius 2 is 2.04 bits per heavy atom. The number of thiophene rings is 1. The van der Waals surface area contributed by atoms with Gasteiger partial charge in [0.1, 0.15) is 10.3 Å². The van der Waals surface area contributed by atoms with E-state index in [1.54, 1.807) is 24.3 Å². The Morgan fingerprint density at radius 1 is 1.28 bits per heavy atom. The van der Waals surface area contributed by atoms with Crippen LogP contribution in [0.15, 0.2) is 34.5 Å². The van der Waals surface area contributed by atoms with E-state index in [0.717, 1.165) is 16.9 Å². The van der Waals surface area contributed by atoms with Gasteiger partial charge in [-0.05, 0) is 49.6 Å². The molecule has 1 fully saturated rings. The molecule has 1 aliphatic heterocycles. The normalized spacial score (nSPS) is 18.4. The summed E-state index contributed by atoms with van der Waals surface area (Å²) in [5.41, 5.74) is 1.44. The van der Waals surface area contributed by atoms with Crippen molar-refractivity contribution >= 4 is 56.2 Å². The zero-order valence-corrected chi connectivity index (χ0v) is 16.5. The number of rotatable bonds is 4. The lowest BCUT2D eigenvalue weighted by Crippen LogP contribution is -2.42. The smallest absolute Gasteiger partial charge is 0.253 e. The number of benzene rings is 1. The average molecular weight is 419 g/mol. The van der Waals surface area contributed by atoms with Gasteiger partial charge in [0.05, 0.1) is 4.34 Å². The van der Waals surface area contributed by atoms with Gasteiger partial charge in [0.25, 0.3) is 10.0 Å². The van der Waals surface area contributed by atoms with Crippen LogP contribution in [0.1, 0.15) is 18.4 Å².